The van der Waals surface area contributed by atoms with Crippen molar-refractivity contribution in [3.8, 4) is 0 Å². The van der Waals surface area contributed by atoms with E-state index in [1.54, 1.807) is 30.1 Å². The van der Waals surface area contributed by atoms with Crippen LogP contribution in [0.15, 0.2) is 71.9 Å². The van der Waals surface area contributed by atoms with Crippen molar-refractivity contribution in [1.82, 2.24) is 28.6 Å². The monoisotopic (exact) mass is 440 g/mol. The first-order valence-electron chi connectivity index (χ1n) is 9.60. The standard InChI is InChI=1S/C23H16N6O2S/c1-29-14-23(27-15-29)32(30,31)28-19-10-18(12-25-13-19)17-2-3-22-21(11-17)20(6-9-26-22)16-4-7-24-8-5-16/h2-7,9-11,13-15,28H,1H3/q+2. The van der Waals surface area contributed by atoms with Crippen molar-refractivity contribution in [2.45, 2.75) is 5.03 Å². The lowest BCUT2D eigenvalue weighted by Gasteiger charge is -2.08. The van der Waals surface area contributed by atoms with E-state index >= 15 is 0 Å². The summed E-state index contributed by atoms with van der Waals surface area (Å²) in [6.07, 6.45) is 13.1. The number of rotatable bonds is 5. The molecular weight excluding hydrogens is 424 g/mol. The Morgan fingerprint density at radius 3 is 2.84 bits per heavy atom. The van der Waals surface area contributed by atoms with E-state index in [0.717, 1.165) is 27.6 Å². The molecule has 32 heavy (non-hydrogen) atoms. The molecule has 0 fully saturated rings. The van der Waals surface area contributed by atoms with Crippen LogP contribution in [0.1, 0.15) is 11.1 Å². The number of aryl methyl sites for hydroxylation is 1. The minimum atomic E-state index is -3.82. The fraction of sp³-hybridized carbons (Fsp3) is 0.0435. The number of sulfonamides is 1. The Kier molecular flexibility index (Phi) is 4.66. The Morgan fingerprint density at radius 2 is 2.06 bits per heavy atom. The maximum absolute atomic E-state index is 12.6. The molecule has 1 aromatic carbocycles. The number of nitrogens with zero attached hydrogens (tertiary/aromatic N) is 5. The molecule has 0 saturated heterocycles. The summed E-state index contributed by atoms with van der Waals surface area (Å²) in [6.45, 7) is 0. The molecule has 4 heterocycles. The van der Waals surface area contributed by atoms with Gasteiger partial charge in [0.15, 0.2) is 5.03 Å². The van der Waals surface area contributed by atoms with Crippen molar-refractivity contribution in [3.05, 3.63) is 78.0 Å². The minimum Gasteiger partial charge on any atom is -0.339 e. The van der Waals surface area contributed by atoms with Crippen LogP contribution in [0.3, 0.4) is 0 Å². The van der Waals surface area contributed by atoms with Gasteiger partial charge in [-0.25, -0.2) is 4.98 Å². The van der Waals surface area contributed by atoms with Gasteiger partial charge in [-0.3, -0.25) is 9.71 Å². The highest BCUT2D eigenvalue weighted by molar-refractivity contribution is 7.89. The summed E-state index contributed by atoms with van der Waals surface area (Å²) >= 11 is 0. The van der Waals surface area contributed by atoms with E-state index in [0.29, 0.717) is 11.3 Å². The van der Waals surface area contributed by atoms with Gasteiger partial charge in [0.05, 0.1) is 17.9 Å². The molecule has 0 saturated carbocycles. The third kappa shape index (κ3) is 3.69. The molecule has 5 rings (SSSR count). The van der Waals surface area contributed by atoms with Crippen molar-refractivity contribution in [2.75, 3.05) is 0 Å². The van der Waals surface area contributed by atoms with Gasteiger partial charge in [-0.1, -0.05) is 6.07 Å². The first-order chi connectivity index (χ1) is 15.5. The first kappa shape index (κ1) is 19.5. The van der Waals surface area contributed by atoms with Crippen LogP contribution < -0.4 is 14.1 Å². The Hall–Kier alpha value is -4.47. The highest BCUT2D eigenvalue weighted by Crippen LogP contribution is 2.27. The molecule has 2 aromatic heterocycles. The van der Waals surface area contributed by atoms with Gasteiger partial charge >= 0.3 is 24.2 Å². The second-order valence-corrected chi connectivity index (χ2v) is 8.76. The molecule has 8 nitrogen and oxygen atoms in total. The molecule has 9 heteroatoms. The van der Waals surface area contributed by atoms with Gasteiger partial charge in [0, 0.05) is 36.5 Å². The lowest BCUT2D eigenvalue weighted by Crippen LogP contribution is -2.25. The smallest absolute Gasteiger partial charge is 0.329 e. The van der Waals surface area contributed by atoms with E-state index in [-0.39, 0.29) is 5.03 Å². The predicted octanol–water partition coefficient (Wildman–Crippen LogP) is 0.796. The highest BCUT2D eigenvalue weighted by Gasteiger charge is 2.21. The number of aromatic nitrogens is 3. The number of hydrogen-bond donors (Lipinski definition) is 1. The summed E-state index contributed by atoms with van der Waals surface area (Å²) in [5.74, 6) is 5.79. The van der Waals surface area contributed by atoms with Crippen LogP contribution >= 0.6 is 0 Å². The molecule has 0 unspecified atom stereocenters. The van der Waals surface area contributed by atoms with Gasteiger partial charge in [0.1, 0.15) is 11.3 Å². The van der Waals surface area contributed by atoms with Gasteiger partial charge in [-0.05, 0) is 44.7 Å². The maximum atomic E-state index is 12.6. The molecule has 1 N–H and O–H groups in total. The van der Waals surface area contributed by atoms with E-state index < -0.39 is 10.0 Å². The first-order valence-corrected chi connectivity index (χ1v) is 11.1. The van der Waals surface area contributed by atoms with Gasteiger partial charge < -0.3 is 4.57 Å². The van der Waals surface area contributed by atoms with Crippen molar-refractivity contribution in [3.63, 3.8) is 0 Å². The van der Waals surface area contributed by atoms with Crippen molar-refractivity contribution >= 4 is 56.2 Å². The molecule has 0 aliphatic carbocycles. The second-order valence-electron chi connectivity index (χ2n) is 7.13. The summed E-state index contributed by atoms with van der Waals surface area (Å²) in [7, 11) is -2.12. The number of nitrogens with one attached hydrogen (secondary N) is 1. The molecular formula is C23H16N6O2S+2. The molecule has 2 aliphatic rings. The van der Waals surface area contributed by atoms with Crippen LogP contribution in [0.4, 0.5) is 0 Å². The van der Waals surface area contributed by atoms with Crippen LogP contribution in [-0.4, -0.2) is 47.1 Å². The number of benzene rings is 1. The number of pyridine rings is 1. The zero-order chi connectivity index (χ0) is 22.1. The predicted molar refractivity (Wildman–Crippen MR) is 126 cm³/mol. The zero-order valence-corrected chi connectivity index (χ0v) is 17.7. The fourth-order valence-corrected chi connectivity index (χ4v) is 4.40. The fourth-order valence-electron chi connectivity index (χ4n) is 3.38. The molecule has 154 valence electrons. The Morgan fingerprint density at radius 1 is 1.16 bits per heavy atom. The van der Waals surface area contributed by atoms with E-state index in [9.17, 15) is 8.42 Å². The van der Waals surface area contributed by atoms with Gasteiger partial charge in [-0.2, -0.15) is 8.42 Å². The Bertz CT molecular complexity index is 1660. The number of fused-ring (bicyclic) bond motifs is 1. The molecule has 3 aromatic rings. The number of allylic oxidation sites excluding steroid dienone is 6. The minimum absolute atomic E-state index is 0.0649. The average molecular weight is 440 g/mol. The van der Waals surface area contributed by atoms with E-state index in [1.165, 1.54) is 18.7 Å². The van der Waals surface area contributed by atoms with Gasteiger partial charge in [0.25, 0.3) is 10.0 Å². The Labute approximate surface area is 183 Å². The summed E-state index contributed by atoms with van der Waals surface area (Å²) in [4.78, 5) is 8.36. The third-order valence-corrected chi connectivity index (χ3v) is 6.15. The van der Waals surface area contributed by atoms with Crippen LogP contribution in [0.25, 0.3) is 22.0 Å². The lowest BCUT2D eigenvalue weighted by molar-refractivity contribution is 0.586. The van der Waals surface area contributed by atoms with E-state index in [2.05, 4.69) is 35.8 Å². The van der Waals surface area contributed by atoms with Crippen molar-refractivity contribution < 1.29 is 8.42 Å². The molecule has 0 bridgehead atoms. The van der Waals surface area contributed by atoms with E-state index in [4.69, 9.17) is 0 Å². The summed E-state index contributed by atoms with van der Waals surface area (Å²) < 4.78 is 37.3. The topological polar surface area (TPSA) is 105 Å². The lowest BCUT2D eigenvalue weighted by atomic mass is 9.97. The van der Waals surface area contributed by atoms with E-state index in [1.807, 2.05) is 36.4 Å². The van der Waals surface area contributed by atoms with Crippen LogP contribution in [0.5, 0.6) is 0 Å². The number of hydrogen-bond acceptors (Lipinski definition) is 4. The largest absolute Gasteiger partial charge is 0.339 e. The van der Waals surface area contributed by atoms with Crippen LogP contribution in [0.2, 0.25) is 0 Å². The van der Waals surface area contributed by atoms with Crippen molar-refractivity contribution in [2.24, 2.45) is 7.05 Å². The Balaban J connectivity index is 1.51. The van der Waals surface area contributed by atoms with Crippen LogP contribution in [-0.2, 0) is 17.1 Å². The van der Waals surface area contributed by atoms with Gasteiger partial charge in [0.2, 0.25) is 0 Å². The maximum Gasteiger partial charge on any atom is 0.329 e. The molecule has 2 aliphatic heterocycles. The molecule has 0 spiro atoms. The summed E-state index contributed by atoms with van der Waals surface area (Å²) in [5.41, 5.74) is 4.60. The number of imidazole rings is 1. The third-order valence-electron chi connectivity index (χ3n) is 4.88. The van der Waals surface area contributed by atoms with Gasteiger partial charge in [-0.15, -0.1) is 0 Å². The summed E-state index contributed by atoms with van der Waals surface area (Å²) in [5, 5.41) is 0.877. The normalized spacial score (nSPS) is 14.5. The second kappa shape index (κ2) is 7.65. The molecule has 0 atom stereocenters. The zero-order valence-electron chi connectivity index (χ0n) is 16.9. The SMILES string of the molecule is Cn1cnc(S(=O)(=O)NC2=CC(c3ccc4nccc(C5=CC=[N+]=C=C5)c4c3)=C=[N+]=C2)c1. The molecule has 0 radical (unpaired) electrons. The summed E-state index contributed by atoms with van der Waals surface area (Å²) in [6, 6.07) is 7.75. The van der Waals surface area contributed by atoms with Crippen molar-refractivity contribution in [1.29, 1.82) is 0 Å². The highest BCUT2D eigenvalue weighted by atomic mass is 32.2. The quantitative estimate of drug-likeness (QED) is 0.593. The average Bonchev–Trinajstić information content (AvgIpc) is 3.26. The molecule has 0 amide bonds. The van der Waals surface area contributed by atoms with Crippen LogP contribution in [0, 0.1) is 0 Å².